The van der Waals surface area contributed by atoms with Crippen molar-refractivity contribution in [3.05, 3.63) is 94.9 Å². The van der Waals surface area contributed by atoms with Crippen LogP contribution in [0.1, 0.15) is 22.3 Å². The summed E-state index contributed by atoms with van der Waals surface area (Å²) in [6.07, 6.45) is 1.44. The summed E-state index contributed by atoms with van der Waals surface area (Å²) in [4.78, 5) is 39.2. The van der Waals surface area contributed by atoms with Crippen LogP contribution in [0.25, 0.3) is 6.08 Å². The number of benzene rings is 3. The van der Waals surface area contributed by atoms with Crippen LogP contribution in [0.5, 0.6) is 5.75 Å². The monoisotopic (exact) mass is 719 g/mol. The van der Waals surface area contributed by atoms with Crippen LogP contribution in [0.4, 0.5) is 10.5 Å². The number of aryl methyl sites for hydroxylation is 1. The second kappa shape index (κ2) is 10.9. The van der Waals surface area contributed by atoms with E-state index in [9.17, 15) is 19.6 Å². The molecule has 0 atom stereocenters. The minimum atomic E-state index is -0.805. The van der Waals surface area contributed by atoms with E-state index >= 15 is 0 Å². The van der Waals surface area contributed by atoms with Gasteiger partial charge in [0, 0.05) is 10.0 Å². The van der Waals surface area contributed by atoms with E-state index < -0.39 is 17.8 Å². The largest absolute Gasteiger partial charge is 0.487 e. The molecule has 0 saturated carbocycles. The van der Waals surface area contributed by atoms with Crippen molar-refractivity contribution in [2.75, 3.05) is 4.90 Å². The molecule has 4 amide bonds. The third-order valence-electron chi connectivity index (χ3n) is 5.34. The van der Waals surface area contributed by atoms with Gasteiger partial charge >= 0.3 is 6.03 Å². The van der Waals surface area contributed by atoms with Gasteiger partial charge in [-0.05, 0) is 99.0 Å². The average molecular weight is 721 g/mol. The van der Waals surface area contributed by atoms with Crippen molar-refractivity contribution >= 4 is 84.1 Å². The van der Waals surface area contributed by atoms with E-state index in [4.69, 9.17) is 4.74 Å². The molecule has 1 aliphatic heterocycles. The summed E-state index contributed by atoms with van der Waals surface area (Å²) < 4.78 is 8.13. The number of imide groups is 2. The highest BCUT2D eigenvalue weighted by Crippen LogP contribution is 2.34. The lowest BCUT2D eigenvalue weighted by molar-refractivity contribution is -0.122. The van der Waals surface area contributed by atoms with E-state index in [1.807, 2.05) is 19.1 Å². The number of hydrogen-bond donors (Lipinski definition) is 1. The summed E-state index contributed by atoms with van der Waals surface area (Å²) in [6, 6.07) is 17.0. The number of urea groups is 1. The molecule has 1 saturated heterocycles. The molecule has 180 valence electrons. The minimum Gasteiger partial charge on any atom is -0.487 e. The highest BCUT2D eigenvalue weighted by molar-refractivity contribution is 14.1. The van der Waals surface area contributed by atoms with E-state index in [0.29, 0.717) is 27.0 Å². The summed E-state index contributed by atoms with van der Waals surface area (Å²) in [7, 11) is 0. The Balaban J connectivity index is 1.62. The predicted octanol–water partition coefficient (Wildman–Crippen LogP) is 6.24. The van der Waals surface area contributed by atoms with E-state index in [0.717, 1.165) is 24.1 Å². The maximum absolute atomic E-state index is 13.2. The summed E-state index contributed by atoms with van der Waals surface area (Å²) >= 11 is 8.99. The molecule has 0 bridgehead atoms. The standard InChI is InChI=1S/C26H16Br2IN3O4/c1-14-8-18(6-7-20(14)27)32-25(34)19(24(33)31-26(32)35)9-15-10-21(28)23(22(29)11-15)36-13-17-5-3-2-4-16(17)12-30/h2-11H,13H2,1H3,(H,31,33,35)/b19-9+. The Morgan fingerprint density at radius 2 is 1.83 bits per heavy atom. The molecule has 3 aromatic carbocycles. The molecule has 36 heavy (non-hydrogen) atoms. The molecule has 1 heterocycles. The van der Waals surface area contributed by atoms with Gasteiger partial charge in [0.1, 0.15) is 17.9 Å². The summed E-state index contributed by atoms with van der Waals surface area (Å²) in [5.41, 5.74) is 2.87. The fraction of sp³-hybridized carbons (Fsp3) is 0.0769. The lowest BCUT2D eigenvalue weighted by atomic mass is 10.1. The Morgan fingerprint density at radius 1 is 1.08 bits per heavy atom. The van der Waals surface area contributed by atoms with Crippen molar-refractivity contribution < 1.29 is 19.1 Å². The van der Waals surface area contributed by atoms with E-state index in [1.54, 1.807) is 42.5 Å². The molecular formula is C26H16Br2IN3O4. The molecule has 0 spiro atoms. The smallest absolute Gasteiger partial charge is 0.335 e. The van der Waals surface area contributed by atoms with Gasteiger partial charge < -0.3 is 4.74 Å². The van der Waals surface area contributed by atoms with Crippen molar-refractivity contribution in [2.24, 2.45) is 0 Å². The molecule has 4 rings (SSSR count). The first-order valence-electron chi connectivity index (χ1n) is 10.5. The number of nitrogens with zero attached hydrogens (tertiary/aromatic N) is 2. The van der Waals surface area contributed by atoms with Gasteiger partial charge in [0.15, 0.2) is 0 Å². The number of ether oxygens (including phenoxy) is 1. The van der Waals surface area contributed by atoms with Crippen LogP contribution in [0, 0.1) is 21.8 Å². The Morgan fingerprint density at radius 3 is 2.53 bits per heavy atom. The first-order valence-corrected chi connectivity index (χ1v) is 13.1. The number of halogens is 3. The first kappa shape index (κ1) is 26.1. The van der Waals surface area contributed by atoms with Crippen molar-refractivity contribution in [3.63, 3.8) is 0 Å². The number of anilines is 1. The zero-order valence-corrected chi connectivity index (χ0v) is 24.0. The van der Waals surface area contributed by atoms with E-state index in [-0.39, 0.29) is 12.2 Å². The Labute approximate surface area is 237 Å². The van der Waals surface area contributed by atoms with Crippen LogP contribution in [-0.4, -0.2) is 17.8 Å². The van der Waals surface area contributed by atoms with Crippen molar-refractivity contribution in [1.82, 2.24) is 5.32 Å². The van der Waals surface area contributed by atoms with Gasteiger partial charge in [-0.15, -0.1) is 0 Å². The second-order valence-corrected chi connectivity index (χ2v) is 10.6. The van der Waals surface area contributed by atoms with Gasteiger partial charge in [0.25, 0.3) is 11.8 Å². The molecular weight excluding hydrogens is 705 g/mol. The molecule has 1 aliphatic rings. The molecule has 7 nitrogen and oxygen atoms in total. The maximum atomic E-state index is 13.2. The van der Waals surface area contributed by atoms with Gasteiger partial charge in [-0.3, -0.25) is 14.9 Å². The van der Waals surface area contributed by atoms with Crippen LogP contribution in [0.2, 0.25) is 0 Å². The predicted molar refractivity (Wildman–Crippen MR) is 150 cm³/mol. The average Bonchev–Trinajstić information content (AvgIpc) is 2.83. The number of nitriles is 1. The summed E-state index contributed by atoms with van der Waals surface area (Å²) in [5, 5.41) is 11.5. The van der Waals surface area contributed by atoms with Crippen LogP contribution in [0.3, 0.4) is 0 Å². The topological polar surface area (TPSA) is 99.5 Å². The fourth-order valence-corrected chi connectivity index (χ4v) is 5.55. The minimum absolute atomic E-state index is 0.172. The maximum Gasteiger partial charge on any atom is 0.335 e. The van der Waals surface area contributed by atoms with Crippen LogP contribution in [-0.2, 0) is 16.2 Å². The third kappa shape index (κ3) is 5.38. The summed E-state index contributed by atoms with van der Waals surface area (Å²) in [5.74, 6) is -0.924. The molecule has 10 heteroatoms. The SMILES string of the molecule is Cc1cc(N2C(=O)NC(=O)/C(=C\c3cc(Br)c(OCc4ccccc4C#N)c(I)c3)C2=O)ccc1Br. The highest BCUT2D eigenvalue weighted by atomic mass is 127. The Kier molecular flexibility index (Phi) is 7.92. The lowest BCUT2D eigenvalue weighted by Gasteiger charge is -2.26. The molecule has 1 N–H and O–H groups in total. The zero-order chi connectivity index (χ0) is 26.0. The molecule has 0 aromatic heterocycles. The number of carbonyl (C=O) groups is 3. The van der Waals surface area contributed by atoms with Crippen molar-refractivity contribution in [3.8, 4) is 11.8 Å². The number of nitrogens with one attached hydrogen (secondary N) is 1. The number of hydrogen-bond acceptors (Lipinski definition) is 5. The van der Waals surface area contributed by atoms with E-state index in [1.165, 1.54) is 6.08 Å². The summed E-state index contributed by atoms with van der Waals surface area (Å²) in [6.45, 7) is 2.03. The van der Waals surface area contributed by atoms with Crippen molar-refractivity contribution in [1.29, 1.82) is 5.26 Å². The number of amides is 4. The number of carbonyl (C=O) groups excluding carboxylic acids is 3. The van der Waals surface area contributed by atoms with Gasteiger partial charge in [-0.2, -0.15) is 5.26 Å². The zero-order valence-electron chi connectivity index (χ0n) is 18.6. The Bertz CT molecular complexity index is 1470. The molecule has 1 fully saturated rings. The molecule has 0 aliphatic carbocycles. The van der Waals surface area contributed by atoms with Gasteiger partial charge in [-0.25, -0.2) is 9.69 Å². The molecule has 0 radical (unpaired) electrons. The number of barbiturate groups is 1. The van der Waals surface area contributed by atoms with Crippen LogP contribution >= 0.6 is 54.5 Å². The normalized spacial score (nSPS) is 14.6. The van der Waals surface area contributed by atoms with Crippen LogP contribution in [0.15, 0.2) is 69.1 Å². The molecule has 3 aromatic rings. The van der Waals surface area contributed by atoms with Gasteiger partial charge in [0.05, 0.1) is 25.4 Å². The third-order valence-corrected chi connectivity index (χ3v) is 7.62. The van der Waals surface area contributed by atoms with Crippen molar-refractivity contribution in [2.45, 2.75) is 13.5 Å². The first-order chi connectivity index (χ1) is 17.2. The fourth-order valence-electron chi connectivity index (χ4n) is 3.53. The van der Waals surface area contributed by atoms with Gasteiger partial charge in [0.2, 0.25) is 0 Å². The van der Waals surface area contributed by atoms with E-state index in [2.05, 4.69) is 65.8 Å². The van der Waals surface area contributed by atoms with Gasteiger partial charge in [-0.1, -0.05) is 34.1 Å². The highest BCUT2D eigenvalue weighted by Gasteiger charge is 2.37. The Hall–Kier alpha value is -3.01. The molecule has 0 unspecified atom stereocenters. The quantitative estimate of drug-likeness (QED) is 0.191. The lowest BCUT2D eigenvalue weighted by Crippen LogP contribution is -2.54. The second-order valence-electron chi connectivity index (χ2n) is 7.76. The number of rotatable bonds is 5. The van der Waals surface area contributed by atoms with Crippen LogP contribution < -0.4 is 15.0 Å².